The fraction of sp³-hybridized carbons (Fsp3) is 0.0952. The highest BCUT2D eigenvalue weighted by atomic mass is 32.2. The molecule has 2 aromatic heterocycles. The summed E-state index contributed by atoms with van der Waals surface area (Å²) in [5.74, 6) is -3.34. The van der Waals surface area contributed by atoms with E-state index in [1.807, 2.05) is 0 Å². The van der Waals surface area contributed by atoms with Crippen LogP contribution in [0.4, 0.5) is 18.9 Å². The molecular formula is C21H16F3N3O4S. The van der Waals surface area contributed by atoms with Gasteiger partial charge in [0.05, 0.1) is 11.9 Å². The van der Waals surface area contributed by atoms with Gasteiger partial charge in [0.2, 0.25) is 10.0 Å². The van der Waals surface area contributed by atoms with Crippen LogP contribution < -0.4 is 15.0 Å². The third kappa shape index (κ3) is 4.06. The monoisotopic (exact) mass is 463 g/mol. The van der Waals surface area contributed by atoms with Crippen molar-refractivity contribution in [2.24, 2.45) is 7.05 Å². The molecule has 11 heteroatoms. The maximum absolute atomic E-state index is 14.7. The number of H-pyrrole nitrogens is 1. The van der Waals surface area contributed by atoms with Gasteiger partial charge in [-0.05, 0) is 24.3 Å². The van der Waals surface area contributed by atoms with Gasteiger partial charge in [0.25, 0.3) is 5.56 Å². The van der Waals surface area contributed by atoms with Crippen LogP contribution in [0.15, 0.2) is 53.6 Å². The number of ether oxygens (including phenoxy) is 1. The Hall–Kier alpha value is -3.73. The van der Waals surface area contributed by atoms with Gasteiger partial charge >= 0.3 is 0 Å². The SMILES string of the molecule is Cn1cc(-c2cc(NS(C)(=O)=O)c(F)cc2Oc2ccc(F)cc2F)c2cc[nH]c(=O)c21. The lowest BCUT2D eigenvalue weighted by molar-refractivity contribution is 0.436. The van der Waals surface area contributed by atoms with Gasteiger partial charge in [-0.2, -0.15) is 0 Å². The van der Waals surface area contributed by atoms with Crippen molar-refractivity contribution < 1.29 is 26.3 Å². The first-order chi connectivity index (χ1) is 15.0. The molecule has 0 aliphatic rings. The number of aromatic amines is 1. The molecule has 0 aliphatic heterocycles. The summed E-state index contributed by atoms with van der Waals surface area (Å²) < 4.78 is 74.7. The minimum absolute atomic E-state index is 0.167. The third-order valence-corrected chi connectivity index (χ3v) is 5.26. The minimum atomic E-state index is -3.82. The zero-order chi connectivity index (χ0) is 23.2. The minimum Gasteiger partial charge on any atom is -0.454 e. The van der Waals surface area contributed by atoms with Crippen LogP contribution in [0.2, 0.25) is 0 Å². The van der Waals surface area contributed by atoms with E-state index in [9.17, 15) is 26.4 Å². The van der Waals surface area contributed by atoms with Crippen LogP contribution in [0.3, 0.4) is 0 Å². The van der Waals surface area contributed by atoms with E-state index in [0.29, 0.717) is 22.5 Å². The number of aromatic nitrogens is 2. The molecule has 0 saturated heterocycles. The lowest BCUT2D eigenvalue weighted by Gasteiger charge is -2.15. The fourth-order valence-electron chi connectivity index (χ4n) is 3.38. The van der Waals surface area contributed by atoms with Gasteiger partial charge in [-0.1, -0.05) is 0 Å². The molecule has 2 aromatic carbocycles. The number of hydrogen-bond donors (Lipinski definition) is 2. The summed E-state index contributed by atoms with van der Waals surface area (Å²) in [6.45, 7) is 0. The molecule has 0 fully saturated rings. The molecule has 32 heavy (non-hydrogen) atoms. The molecule has 4 rings (SSSR count). The van der Waals surface area contributed by atoms with Crippen LogP contribution in [0.25, 0.3) is 22.0 Å². The molecular weight excluding hydrogens is 447 g/mol. The van der Waals surface area contributed by atoms with Crippen molar-refractivity contribution in [3.05, 3.63) is 76.6 Å². The normalized spacial score (nSPS) is 11.7. The average Bonchev–Trinajstić information content (AvgIpc) is 3.03. The Morgan fingerprint density at radius 3 is 2.44 bits per heavy atom. The lowest BCUT2D eigenvalue weighted by atomic mass is 10.0. The Bertz CT molecular complexity index is 1530. The smallest absolute Gasteiger partial charge is 0.272 e. The van der Waals surface area contributed by atoms with E-state index in [0.717, 1.165) is 24.5 Å². The summed E-state index contributed by atoms with van der Waals surface area (Å²) in [7, 11) is -2.19. The second-order valence-electron chi connectivity index (χ2n) is 7.10. The van der Waals surface area contributed by atoms with E-state index in [4.69, 9.17) is 4.74 Å². The number of hydrogen-bond acceptors (Lipinski definition) is 4. The number of nitrogens with one attached hydrogen (secondary N) is 2. The van der Waals surface area contributed by atoms with Gasteiger partial charge in [-0.15, -0.1) is 0 Å². The summed E-state index contributed by atoms with van der Waals surface area (Å²) in [5.41, 5.74) is 0.152. The van der Waals surface area contributed by atoms with Gasteiger partial charge in [0.1, 0.15) is 17.1 Å². The summed E-state index contributed by atoms with van der Waals surface area (Å²) >= 11 is 0. The highest BCUT2D eigenvalue weighted by Gasteiger charge is 2.21. The van der Waals surface area contributed by atoms with Crippen molar-refractivity contribution in [2.75, 3.05) is 11.0 Å². The van der Waals surface area contributed by atoms with Gasteiger partial charge in [-0.3, -0.25) is 9.52 Å². The number of fused-ring (bicyclic) bond motifs is 1. The van der Waals surface area contributed by atoms with E-state index in [1.54, 1.807) is 23.9 Å². The average molecular weight is 463 g/mol. The largest absolute Gasteiger partial charge is 0.454 e. The number of sulfonamides is 1. The van der Waals surface area contributed by atoms with Crippen molar-refractivity contribution in [1.82, 2.24) is 9.55 Å². The maximum atomic E-state index is 14.7. The third-order valence-electron chi connectivity index (χ3n) is 4.67. The van der Waals surface area contributed by atoms with Crippen molar-refractivity contribution >= 4 is 26.6 Å². The van der Waals surface area contributed by atoms with Crippen LogP contribution in [0.1, 0.15) is 0 Å². The molecule has 0 aliphatic carbocycles. The van der Waals surface area contributed by atoms with E-state index in [1.165, 1.54) is 12.3 Å². The topological polar surface area (TPSA) is 93.2 Å². The Morgan fingerprint density at radius 2 is 1.75 bits per heavy atom. The summed E-state index contributed by atoms with van der Waals surface area (Å²) in [5, 5.41) is 0.470. The standard InChI is InChI=1S/C21H16F3N3O4S/c1-27-10-14(12-5-6-25-21(28)20(12)27)13-8-17(26-32(2,29)30)15(23)9-19(13)31-18-4-3-11(22)7-16(18)24/h3-10,26H,1-2H3,(H,25,28). The van der Waals surface area contributed by atoms with Crippen LogP contribution in [-0.4, -0.2) is 24.2 Å². The highest BCUT2D eigenvalue weighted by molar-refractivity contribution is 7.92. The number of aryl methyl sites for hydroxylation is 1. The van der Waals surface area contributed by atoms with E-state index >= 15 is 0 Å². The number of rotatable bonds is 5. The fourth-order valence-corrected chi connectivity index (χ4v) is 3.94. The molecule has 0 spiro atoms. The Morgan fingerprint density at radius 1 is 1.00 bits per heavy atom. The van der Waals surface area contributed by atoms with E-state index < -0.39 is 27.5 Å². The molecule has 0 unspecified atom stereocenters. The molecule has 166 valence electrons. The number of halogens is 3. The summed E-state index contributed by atoms with van der Waals surface area (Å²) in [6, 6.07) is 6.32. The summed E-state index contributed by atoms with van der Waals surface area (Å²) in [4.78, 5) is 14.8. The first-order valence-electron chi connectivity index (χ1n) is 9.15. The van der Waals surface area contributed by atoms with Crippen LogP contribution in [0.5, 0.6) is 11.5 Å². The molecule has 0 amide bonds. The molecule has 0 radical (unpaired) electrons. The second kappa shape index (κ2) is 7.75. The lowest BCUT2D eigenvalue weighted by Crippen LogP contribution is -2.11. The van der Waals surface area contributed by atoms with E-state index in [2.05, 4.69) is 9.71 Å². The van der Waals surface area contributed by atoms with Crippen LogP contribution >= 0.6 is 0 Å². The molecule has 2 heterocycles. The number of benzene rings is 2. The Labute approximate surface area is 180 Å². The number of anilines is 1. The van der Waals surface area contributed by atoms with Crippen molar-refractivity contribution in [1.29, 1.82) is 0 Å². The van der Waals surface area contributed by atoms with E-state index in [-0.39, 0.29) is 28.3 Å². The molecule has 2 N–H and O–H groups in total. The number of pyridine rings is 1. The van der Waals surface area contributed by atoms with Crippen LogP contribution in [-0.2, 0) is 17.1 Å². The molecule has 4 aromatic rings. The van der Waals surface area contributed by atoms with Gasteiger partial charge in [0.15, 0.2) is 17.4 Å². The van der Waals surface area contributed by atoms with Gasteiger partial charge in [-0.25, -0.2) is 21.6 Å². The molecule has 0 saturated carbocycles. The van der Waals surface area contributed by atoms with Gasteiger partial charge < -0.3 is 14.3 Å². The quantitative estimate of drug-likeness (QED) is 0.466. The second-order valence-corrected chi connectivity index (χ2v) is 8.85. The summed E-state index contributed by atoms with van der Waals surface area (Å²) in [6.07, 6.45) is 3.86. The van der Waals surface area contributed by atoms with Gasteiger partial charge in [0, 0.05) is 48.1 Å². The maximum Gasteiger partial charge on any atom is 0.272 e. The van der Waals surface area contributed by atoms with Crippen molar-refractivity contribution in [2.45, 2.75) is 0 Å². The first kappa shape index (κ1) is 21.5. The van der Waals surface area contributed by atoms with Crippen molar-refractivity contribution in [3.8, 4) is 22.6 Å². The first-order valence-corrected chi connectivity index (χ1v) is 11.0. The predicted molar refractivity (Wildman–Crippen MR) is 114 cm³/mol. The Balaban J connectivity index is 1.97. The highest BCUT2D eigenvalue weighted by Crippen LogP contribution is 2.41. The zero-order valence-corrected chi connectivity index (χ0v) is 17.6. The van der Waals surface area contributed by atoms with Crippen molar-refractivity contribution in [3.63, 3.8) is 0 Å². The molecule has 0 bridgehead atoms. The zero-order valence-electron chi connectivity index (χ0n) is 16.7. The molecule has 7 nitrogen and oxygen atoms in total. The number of nitrogens with zero attached hydrogens (tertiary/aromatic N) is 1. The predicted octanol–water partition coefficient (Wildman–Crippen LogP) is 4.11. The molecule has 0 atom stereocenters. The van der Waals surface area contributed by atoms with Crippen LogP contribution in [0, 0.1) is 17.5 Å². The Kier molecular flexibility index (Phi) is 5.21.